The molecule has 1 aliphatic heterocycles. The fraction of sp³-hybridized carbons (Fsp3) is 0.360. The minimum absolute atomic E-state index is 0.710. The van der Waals surface area contributed by atoms with Crippen LogP contribution in [0.4, 0.5) is 0 Å². The number of hydrogen-bond acceptors (Lipinski definition) is 4. The number of ether oxygens (including phenoxy) is 1. The number of H-pyrrole nitrogens is 1. The van der Waals surface area contributed by atoms with Crippen LogP contribution in [-0.4, -0.2) is 54.2 Å². The summed E-state index contributed by atoms with van der Waals surface area (Å²) in [6.07, 6.45) is 7.67. The zero-order valence-electron chi connectivity index (χ0n) is 18.4. The molecule has 2 aromatic carbocycles. The summed E-state index contributed by atoms with van der Waals surface area (Å²) >= 11 is 0. The second-order valence-corrected chi connectivity index (χ2v) is 7.82. The molecule has 0 bridgehead atoms. The van der Waals surface area contributed by atoms with Crippen molar-refractivity contribution in [2.24, 2.45) is 4.99 Å². The standard InChI is InChI=1S/C25H31N5O/c1-3-12-27-25(26-2)20-10-11-23-22(18-20)24(29-28-23)19-8-7-9-21(17-19)31-16-15-30-13-5-4-6-14-30/h3,7-12,17-18H,4-6,13-16H2,1-2H3,(H,26,27)(H,28,29). The van der Waals surface area contributed by atoms with Crippen LogP contribution in [0.5, 0.6) is 5.75 Å². The van der Waals surface area contributed by atoms with Crippen molar-refractivity contribution in [1.29, 1.82) is 0 Å². The van der Waals surface area contributed by atoms with Gasteiger partial charge < -0.3 is 10.1 Å². The second-order valence-electron chi connectivity index (χ2n) is 7.82. The van der Waals surface area contributed by atoms with E-state index in [0.717, 1.165) is 45.9 Å². The molecule has 0 radical (unpaired) electrons. The van der Waals surface area contributed by atoms with Crippen molar-refractivity contribution in [2.45, 2.75) is 26.2 Å². The van der Waals surface area contributed by atoms with Gasteiger partial charge in [0.1, 0.15) is 23.9 Å². The minimum atomic E-state index is 0.710. The van der Waals surface area contributed by atoms with Gasteiger partial charge in [0.2, 0.25) is 0 Å². The van der Waals surface area contributed by atoms with Crippen LogP contribution in [0.1, 0.15) is 31.7 Å². The maximum absolute atomic E-state index is 6.07. The number of aromatic nitrogens is 2. The number of amidine groups is 1. The summed E-state index contributed by atoms with van der Waals surface area (Å²) in [4.78, 5) is 6.97. The Labute approximate surface area is 184 Å². The molecule has 31 heavy (non-hydrogen) atoms. The zero-order valence-corrected chi connectivity index (χ0v) is 18.4. The first kappa shape index (κ1) is 21.1. The Balaban J connectivity index is 1.54. The molecule has 4 rings (SSSR count). The molecule has 0 aliphatic carbocycles. The van der Waals surface area contributed by atoms with Crippen molar-refractivity contribution < 1.29 is 4.74 Å². The lowest BCUT2D eigenvalue weighted by atomic mass is 10.0. The van der Waals surface area contributed by atoms with E-state index in [1.165, 1.54) is 32.4 Å². The number of hydrogen-bond donors (Lipinski definition) is 2. The average molecular weight is 418 g/mol. The van der Waals surface area contributed by atoms with Crippen LogP contribution >= 0.6 is 0 Å². The SMILES string of the molecule is CC=C/N=C(\NC)c1ccc2[nH]nc(-c3cccc(OCCN4CCCCC4)c3)c2c1. The highest BCUT2D eigenvalue weighted by Crippen LogP contribution is 2.29. The Kier molecular flexibility index (Phi) is 6.99. The molecule has 1 aromatic heterocycles. The molecule has 6 heteroatoms. The fourth-order valence-electron chi connectivity index (χ4n) is 4.02. The van der Waals surface area contributed by atoms with E-state index in [1.807, 2.05) is 44.3 Å². The smallest absolute Gasteiger partial charge is 0.132 e. The highest BCUT2D eigenvalue weighted by atomic mass is 16.5. The maximum Gasteiger partial charge on any atom is 0.132 e. The third kappa shape index (κ3) is 5.14. The van der Waals surface area contributed by atoms with Gasteiger partial charge in [-0.25, -0.2) is 4.99 Å². The fourth-order valence-corrected chi connectivity index (χ4v) is 4.02. The third-order valence-electron chi connectivity index (χ3n) is 5.66. The van der Waals surface area contributed by atoms with E-state index >= 15 is 0 Å². The molecular weight excluding hydrogens is 386 g/mol. The summed E-state index contributed by atoms with van der Waals surface area (Å²) in [6, 6.07) is 14.4. The molecule has 6 nitrogen and oxygen atoms in total. The molecule has 0 amide bonds. The number of rotatable bonds is 7. The second kappa shape index (κ2) is 10.3. The Bertz CT molecular complexity index is 1060. The maximum atomic E-state index is 6.07. The van der Waals surface area contributed by atoms with Gasteiger partial charge in [0, 0.05) is 36.3 Å². The molecule has 162 valence electrons. The Morgan fingerprint density at radius 1 is 1.19 bits per heavy atom. The van der Waals surface area contributed by atoms with E-state index in [-0.39, 0.29) is 0 Å². The van der Waals surface area contributed by atoms with Gasteiger partial charge in [-0.1, -0.05) is 24.6 Å². The lowest BCUT2D eigenvalue weighted by Gasteiger charge is -2.26. The van der Waals surface area contributed by atoms with E-state index in [4.69, 9.17) is 4.74 Å². The summed E-state index contributed by atoms with van der Waals surface area (Å²) in [5, 5.41) is 12.0. The van der Waals surface area contributed by atoms with Crippen LogP contribution in [0, 0.1) is 0 Å². The highest BCUT2D eigenvalue weighted by Gasteiger charge is 2.12. The van der Waals surface area contributed by atoms with Gasteiger partial charge in [-0.2, -0.15) is 5.10 Å². The number of benzene rings is 2. The van der Waals surface area contributed by atoms with Gasteiger partial charge >= 0.3 is 0 Å². The lowest BCUT2D eigenvalue weighted by molar-refractivity contribution is 0.183. The predicted octanol–water partition coefficient (Wildman–Crippen LogP) is 4.59. The van der Waals surface area contributed by atoms with Gasteiger partial charge in [0.05, 0.1) is 5.52 Å². The number of fused-ring (bicyclic) bond motifs is 1. The van der Waals surface area contributed by atoms with Crippen molar-refractivity contribution in [3.8, 4) is 17.0 Å². The van der Waals surface area contributed by atoms with Crippen LogP contribution in [-0.2, 0) is 0 Å². The van der Waals surface area contributed by atoms with E-state index in [1.54, 1.807) is 6.20 Å². The van der Waals surface area contributed by atoms with Crippen LogP contribution in [0.3, 0.4) is 0 Å². The largest absolute Gasteiger partial charge is 0.492 e. The average Bonchev–Trinajstić information content (AvgIpc) is 3.24. The van der Waals surface area contributed by atoms with E-state index < -0.39 is 0 Å². The highest BCUT2D eigenvalue weighted by molar-refractivity contribution is 6.04. The van der Waals surface area contributed by atoms with Gasteiger partial charge in [-0.05, 0) is 63.2 Å². The van der Waals surface area contributed by atoms with Crippen molar-refractivity contribution in [1.82, 2.24) is 20.4 Å². The number of nitrogens with zero attached hydrogens (tertiary/aromatic N) is 3. The molecule has 1 aliphatic rings. The van der Waals surface area contributed by atoms with Crippen LogP contribution in [0.15, 0.2) is 59.7 Å². The number of allylic oxidation sites excluding steroid dienone is 1. The van der Waals surface area contributed by atoms with Crippen molar-refractivity contribution >= 4 is 16.7 Å². The number of nitrogens with one attached hydrogen (secondary N) is 2. The third-order valence-corrected chi connectivity index (χ3v) is 5.66. The first-order valence-electron chi connectivity index (χ1n) is 11.1. The summed E-state index contributed by atoms with van der Waals surface area (Å²) in [7, 11) is 1.88. The van der Waals surface area contributed by atoms with Crippen molar-refractivity contribution in [2.75, 3.05) is 33.3 Å². The van der Waals surface area contributed by atoms with E-state index in [2.05, 4.69) is 43.6 Å². The van der Waals surface area contributed by atoms with Crippen molar-refractivity contribution in [3.05, 3.63) is 60.3 Å². The molecular formula is C25H31N5O. The molecule has 0 unspecified atom stereocenters. The van der Waals surface area contributed by atoms with Gasteiger partial charge in [0.15, 0.2) is 0 Å². The lowest BCUT2D eigenvalue weighted by Crippen LogP contribution is -2.33. The van der Waals surface area contributed by atoms with Gasteiger partial charge in [-0.3, -0.25) is 10.00 Å². The first-order valence-corrected chi connectivity index (χ1v) is 11.1. The van der Waals surface area contributed by atoms with Crippen LogP contribution in [0.25, 0.3) is 22.2 Å². The van der Waals surface area contributed by atoms with Crippen LogP contribution in [0.2, 0.25) is 0 Å². The number of likely N-dealkylation sites (tertiary alicyclic amines) is 1. The Morgan fingerprint density at radius 3 is 2.87 bits per heavy atom. The monoisotopic (exact) mass is 417 g/mol. The minimum Gasteiger partial charge on any atom is -0.492 e. The van der Waals surface area contributed by atoms with E-state index in [9.17, 15) is 0 Å². The summed E-state index contributed by atoms with van der Waals surface area (Å²) in [5.74, 6) is 1.70. The number of piperidine rings is 1. The van der Waals surface area contributed by atoms with Gasteiger partial charge in [0.25, 0.3) is 0 Å². The molecule has 2 N–H and O–H groups in total. The van der Waals surface area contributed by atoms with Crippen molar-refractivity contribution in [3.63, 3.8) is 0 Å². The molecule has 1 saturated heterocycles. The first-order chi connectivity index (χ1) is 15.3. The van der Waals surface area contributed by atoms with Gasteiger partial charge in [-0.15, -0.1) is 0 Å². The Hall–Kier alpha value is -3.12. The summed E-state index contributed by atoms with van der Waals surface area (Å²) < 4.78 is 6.07. The molecule has 0 spiro atoms. The normalized spacial score (nSPS) is 15.6. The quantitative estimate of drug-likeness (QED) is 0.436. The predicted molar refractivity (Wildman–Crippen MR) is 128 cm³/mol. The zero-order chi connectivity index (χ0) is 21.5. The molecule has 3 aromatic rings. The molecule has 0 saturated carbocycles. The molecule has 2 heterocycles. The summed E-state index contributed by atoms with van der Waals surface area (Å²) in [5.41, 5.74) is 3.97. The molecule has 0 atom stereocenters. The number of aliphatic imine (C=N–C) groups is 1. The van der Waals surface area contributed by atoms with Crippen LogP contribution < -0.4 is 10.1 Å². The van der Waals surface area contributed by atoms with E-state index in [0.29, 0.717) is 6.61 Å². The Morgan fingerprint density at radius 2 is 2.06 bits per heavy atom. The number of aromatic amines is 1. The molecule has 1 fully saturated rings. The topological polar surface area (TPSA) is 65.5 Å². The summed E-state index contributed by atoms with van der Waals surface area (Å²) in [6.45, 7) is 6.03.